The van der Waals surface area contributed by atoms with Crippen molar-refractivity contribution >= 4 is 41.5 Å². The third kappa shape index (κ3) is 4.36. The monoisotopic (exact) mass is 296 g/mol. The summed E-state index contributed by atoms with van der Waals surface area (Å²) in [6.07, 6.45) is 0. The van der Waals surface area contributed by atoms with Crippen LogP contribution < -0.4 is 11.1 Å². The van der Waals surface area contributed by atoms with Gasteiger partial charge in [0.05, 0.1) is 22.1 Å². The van der Waals surface area contributed by atoms with Crippen LogP contribution in [0.3, 0.4) is 0 Å². The molecule has 0 aliphatic carbocycles. The smallest absolute Gasteiger partial charge is 0.237 e. The number of carbonyl (C=O) groups excluding carboxylic acids is 1. The molecule has 0 saturated carbocycles. The highest BCUT2D eigenvalue weighted by Gasteiger charge is 2.15. The van der Waals surface area contributed by atoms with Crippen LogP contribution in [0.15, 0.2) is 18.2 Å². The molecule has 0 fully saturated rings. The molecule has 3 N–H and O–H groups in total. The molecule has 0 aliphatic rings. The van der Waals surface area contributed by atoms with Gasteiger partial charge in [0, 0.05) is 0 Å². The van der Waals surface area contributed by atoms with Crippen molar-refractivity contribution in [1.29, 1.82) is 0 Å². The van der Waals surface area contributed by atoms with E-state index in [1.54, 1.807) is 19.1 Å². The van der Waals surface area contributed by atoms with Crippen LogP contribution in [0.2, 0.25) is 10.0 Å². The normalized spacial score (nSPS) is 13.5. The topological polar surface area (TPSA) is 55.1 Å². The van der Waals surface area contributed by atoms with Gasteiger partial charge in [-0.2, -0.15) is 0 Å². The molecule has 1 aromatic carbocycles. The first kappa shape index (κ1) is 16.5. The van der Waals surface area contributed by atoms with Gasteiger partial charge in [-0.15, -0.1) is 12.4 Å². The SMILES string of the molecule is CC(NC(=O)[C@H](C)N)c1cccc(Cl)c1Cl.Cl. The van der Waals surface area contributed by atoms with Crippen LogP contribution in [0.5, 0.6) is 0 Å². The second-order valence-corrected chi connectivity index (χ2v) is 4.45. The maximum atomic E-state index is 11.4. The molecule has 0 saturated heterocycles. The zero-order valence-electron chi connectivity index (χ0n) is 9.54. The highest BCUT2D eigenvalue weighted by atomic mass is 35.5. The predicted octanol–water partition coefficient (Wildman–Crippen LogP) is 2.94. The van der Waals surface area contributed by atoms with Crippen LogP contribution in [0.1, 0.15) is 25.5 Å². The summed E-state index contributed by atoms with van der Waals surface area (Å²) in [4.78, 5) is 11.4. The first-order valence-corrected chi connectivity index (χ1v) is 5.69. The Morgan fingerprint density at radius 3 is 2.47 bits per heavy atom. The molecule has 3 nitrogen and oxygen atoms in total. The van der Waals surface area contributed by atoms with E-state index in [4.69, 9.17) is 28.9 Å². The van der Waals surface area contributed by atoms with E-state index in [-0.39, 0.29) is 24.4 Å². The molecule has 96 valence electrons. The van der Waals surface area contributed by atoms with E-state index in [2.05, 4.69) is 5.32 Å². The van der Waals surface area contributed by atoms with Gasteiger partial charge in [0.25, 0.3) is 0 Å². The van der Waals surface area contributed by atoms with Crippen molar-refractivity contribution in [3.05, 3.63) is 33.8 Å². The number of rotatable bonds is 3. The maximum absolute atomic E-state index is 11.4. The first-order valence-electron chi connectivity index (χ1n) is 4.93. The summed E-state index contributed by atoms with van der Waals surface area (Å²) in [6.45, 7) is 3.46. The van der Waals surface area contributed by atoms with Crippen molar-refractivity contribution in [1.82, 2.24) is 5.32 Å². The molecule has 1 rings (SSSR count). The fraction of sp³-hybridized carbons (Fsp3) is 0.364. The lowest BCUT2D eigenvalue weighted by Gasteiger charge is -2.17. The van der Waals surface area contributed by atoms with Gasteiger partial charge in [-0.25, -0.2) is 0 Å². The van der Waals surface area contributed by atoms with E-state index in [0.717, 1.165) is 5.56 Å². The molecule has 0 spiro atoms. The average Bonchev–Trinajstić information content (AvgIpc) is 2.21. The Kier molecular flexibility index (Phi) is 6.87. The van der Waals surface area contributed by atoms with E-state index in [1.807, 2.05) is 13.0 Å². The molecule has 6 heteroatoms. The number of nitrogens with two attached hydrogens (primary N) is 1. The Labute approximate surface area is 117 Å². The van der Waals surface area contributed by atoms with Crippen molar-refractivity contribution in [2.75, 3.05) is 0 Å². The van der Waals surface area contributed by atoms with Crippen LogP contribution >= 0.6 is 35.6 Å². The Balaban J connectivity index is 0.00000256. The Bertz CT molecular complexity index is 396. The first-order chi connectivity index (χ1) is 7.43. The number of nitrogens with one attached hydrogen (secondary N) is 1. The minimum atomic E-state index is -0.541. The summed E-state index contributed by atoms with van der Waals surface area (Å²) in [5.41, 5.74) is 6.24. The molecule has 17 heavy (non-hydrogen) atoms. The second-order valence-electron chi connectivity index (χ2n) is 3.66. The molecular formula is C11H15Cl3N2O. The summed E-state index contributed by atoms with van der Waals surface area (Å²) in [5, 5.41) is 3.69. The van der Waals surface area contributed by atoms with Crippen molar-refractivity contribution in [3.63, 3.8) is 0 Å². The van der Waals surface area contributed by atoms with Gasteiger partial charge in [-0.3, -0.25) is 4.79 Å². The van der Waals surface area contributed by atoms with Gasteiger partial charge in [0.15, 0.2) is 0 Å². The minimum Gasteiger partial charge on any atom is -0.348 e. The summed E-state index contributed by atoms with van der Waals surface area (Å²) in [6, 6.07) is 4.55. The number of hydrogen-bond acceptors (Lipinski definition) is 2. The molecule has 0 heterocycles. The molecule has 0 aromatic heterocycles. The van der Waals surface area contributed by atoms with Crippen LogP contribution in [-0.2, 0) is 4.79 Å². The Morgan fingerprint density at radius 2 is 1.94 bits per heavy atom. The van der Waals surface area contributed by atoms with Gasteiger partial charge in [0.2, 0.25) is 5.91 Å². The van der Waals surface area contributed by atoms with Crippen molar-refractivity contribution in [2.24, 2.45) is 5.73 Å². The van der Waals surface area contributed by atoms with E-state index < -0.39 is 6.04 Å². The van der Waals surface area contributed by atoms with Crippen molar-refractivity contribution in [2.45, 2.75) is 25.9 Å². The lowest BCUT2D eigenvalue weighted by atomic mass is 10.1. The molecule has 2 atom stereocenters. The molecular weight excluding hydrogens is 282 g/mol. The molecule has 0 radical (unpaired) electrons. The minimum absolute atomic E-state index is 0. The third-order valence-corrected chi connectivity index (χ3v) is 3.05. The summed E-state index contributed by atoms with van der Waals surface area (Å²) >= 11 is 11.9. The van der Waals surface area contributed by atoms with E-state index in [1.165, 1.54) is 0 Å². The average molecular weight is 298 g/mol. The molecule has 0 aliphatic heterocycles. The molecule has 1 amide bonds. The van der Waals surface area contributed by atoms with Crippen molar-refractivity contribution < 1.29 is 4.79 Å². The number of halogens is 3. The van der Waals surface area contributed by atoms with Gasteiger partial charge in [-0.1, -0.05) is 35.3 Å². The molecule has 1 aromatic rings. The fourth-order valence-corrected chi connectivity index (χ4v) is 1.75. The summed E-state index contributed by atoms with van der Waals surface area (Å²) in [7, 11) is 0. The van der Waals surface area contributed by atoms with Gasteiger partial charge in [0.1, 0.15) is 0 Å². The highest BCUT2D eigenvalue weighted by molar-refractivity contribution is 6.42. The quantitative estimate of drug-likeness (QED) is 0.901. The molecule has 0 bridgehead atoms. The van der Waals surface area contributed by atoms with Gasteiger partial charge in [-0.05, 0) is 25.5 Å². The van der Waals surface area contributed by atoms with Crippen LogP contribution in [0.25, 0.3) is 0 Å². The lowest BCUT2D eigenvalue weighted by molar-refractivity contribution is -0.122. The Morgan fingerprint density at radius 1 is 1.35 bits per heavy atom. The van der Waals surface area contributed by atoms with Gasteiger partial charge >= 0.3 is 0 Å². The number of amides is 1. The number of benzene rings is 1. The standard InChI is InChI=1S/C11H14Cl2N2O.ClH/c1-6(14)11(16)15-7(2)8-4-3-5-9(12)10(8)13;/h3-7H,14H2,1-2H3,(H,15,16);1H/t6-,7?;/m0./s1. The van der Waals surface area contributed by atoms with Crippen LogP contribution in [-0.4, -0.2) is 11.9 Å². The largest absolute Gasteiger partial charge is 0.348 e. The van der Waals surface area contributed by atoms with Crippen LogP contribution in [0, 0.1) is 0 Å². The summed E-state index contributed by atoms with van der Waals surface area (Å²) < 4.78 is 0. The van der Waals surface area contributed by atoms with Crippen molar-refractivity contribution in [3.8, 4) is 0 Å². The number of hydrogen-bond donors (Lipinski definition) is 2. The van der Waals surface area contributed by atoms with Crippen LogP contribution in [0.4, 0.5) is 0 Å². The highest BCUT2D eigenvalue weighted by Crippen LogP contribution is 2.29. The lowest BCUT2D eigenvalue weighted by Crippen LogP contribution is -2.39. The fourth-order valence-electron chi connectivity index (χ4n) is 1.28. The summed E-state index contributed by atoms with van der Waals surface area (Å²) in [5.74, 6) is -0.219. The van der Waals surface area contributed by atoms with E-state index >= 15 is 0 Å². The number of carbonyl (C=O) groups is 1. The van der Waals surface area contributed by atoms with E-state index in [0.29, 0.717) is 10.0 Å². The third-order valence-electron chi connectivity index (χ3n) is 2.22. The molecule has 1 unspecified atom stereocenters. The van der Waals surface area contributed by atoms with Gasteiger partial charge < -0.3 is 11.1 Å². The Hall–Kier alpha value is -0.480. The van der Waals surface area contributed by atoms with E-state index in [9.17, 15) is 4.79 Å². The predicted molar refractivity (Wildman–Crippen MR) is 73.9 cm³/mol. The zero-order valence-corrected chi connectivity index (χ0v) is 11.9. The zero-order chi connectivity index (χ0) is 12.3. The second kappa shape index (κ2) is 7.07. The maximum Gasteiger partial charge on any atom is 0.237 e.